The lowest BCUT2D eigenvalue weighted by Gasteiger charge is -2.43. The number of hydrogen-bond acceptors (Lipinski definition) is 6. The van der Waals surface area contributed by atoms with E-state index in [1.807, 2.05) is 12.4 Å². The second-order valence-electron chi connectivity index (χ2n) is 7.33. The molecule has 1 unspecified atom stereocenters. The van der Waals surface area contributed by atoms with Crippen LogP contribution in [0.15, 0.2) is 12.4 Å². The molecule has 7 nitrogen and oxygen atoms in total. The van der Waals surface area contributed by atoms with Crippen LogP contribution >= 0.6 is 0 Å². The maximum atomic E-state index is 6.25. The second kappa shape index (κ2) is 7.93. The quantitative estimate of drug-likeness (QED) is 0.747. The Bertz CT molecular complexity index is 521. The van der Waals surface area contributed by atoms with E-state index in [1.165, 1.54) is 0 Å². The van der Waals surface area contributed by atoms with Gasteiger partial charge in [-0.1, -0.05) is 0 Å². The molecule has 24 heavy (non-hydrogen) atoms. The molecule has 2 aliphatic heterocycles. The molecule has 1 atom stereocenters. The molecule has 3 rings (SSSR count). The van der Waals surface area contributed by atoms with Crippen LogP contribution in [0, 0.1) is 0 Å². The molecule has 0 saturated carbocycles. The van der Waals surface area contributed by atoms with Gasteiger partial charge in [-0.15, -0.1) is 0 Å². The molecule has 2 fully saturated rings. The molecule has 0 aliphatic carbocycles. The highest BCUT2D eigenvalue weighted by Crippen LogP contribution is 2.23. The van der Waals surface area contributed by atoms with E-state index in [1.54, 1.807) is 0 Å². The van der Waals surface area contributed by atoms with Crippen LogP contribution < -0.4 is 0 Å². The van der Waals surface area contributed by atoms with Crippen molar-refractivity contribution in [3.63, 3.8) is 0 Å². The van der Waals surface area contributed by atoms with E-state index in [4.69, 9.17) is 9.47 Å². The van der Waals surface area contributed by atoms with Crippen LogP contribution in [0.3, 0.4) is 0 Å². The van der Waals surface area contributed by atoms with Gasteiger partial charge in [-0.3, -0.25) is 9.80 Å². The minimum absolute atomic E-state index is 0.216. The average Bonchev–Trinajstić information content (AvgIpc) is 2.83. The van der Waals surface area contributed by atoms with Gasteiger partial charge in [0.1, 0.15) is 11.4 Å². The summed E-state index contributed by atoms with van der Waals surface area (Å²) in [6.45, 7) is 9.00. The predicted molar refractivity (Wildman–Crippen MR) is 93.0 cm³/mol. The maximum absolute atomic E-state index is 6.25. The molecule has 0 N–H and O–H groups in total. The number of hydrogen-bond donors (Lipinski definition) is 0. The molecular formula is C17H31N5O2. The fourth-order valence-electron chi connectivity index (χ4n) is 3.51. The molecule has 2 aliphatic rings. The maximum Gasteiger partial charge on any atom is 0.122 e. The van der Waals surface area contributed by atoms with Gasteiger partial charge >= 0.3 is 0 Å². The Morgan fingerprint density at radius 2 is 2.00 bits per heavy atom. The van der Waals surface area contributed by atoms with Gasteiger partial charge in [0, 0.05) is 58.7 Å². The molecular weight excluding hydrogens is 306 g/mol. The number of rotatable bonds is 5. The van der Waals surface area contributed by atoms with Gasteiger partial charge in [0.05, 0.1) is 26.4 Å². The standard InChI is InChI=1S/C17H31N5O2/c1-19(2)6-7-21-8-10-23-15-17(13-21)14-22(9-11-24-17)12-16-18-4-5-20(16)3/h4-5H,6-15H2,1-3H3. The first-order valence-electron chi connectivity index (χ1n) is 8.84. The topological polar surface area (TPSA) is 46.0 Å². The molecule has 1 aromatic heterocycles. The van der Waals surface area contributed by atoms with Crippen molar-refractivity contribution in [1.29, 1.82) is 0 Å². The number of likely N-dealkylation sites (N-methyl/N-ethyl adjacent to an activating group) is 1. The normalized spacial score (nSPS) is 27.0. The van der Waals surface area contributed by atoms with Crippen molar-refractivity contribution in [3.8, 4) is 0 Å². The number of nitrogens with zero attached hydrogens (tertiary/aromatic N) is 5. The highest BCUT2D eigenvalue weighted by molar-refractivity contribution is 4.96. The van der Waals surface area contributed by atoms with E-state index in [-0.39, 0.29) is 5.60 Å². The van der Waals surface area contributed by atoms with Crippen LogP contribution in [0.5, 0.6) is 0 Å². The zero-order chi connectivity index (χ0) is 17.0. The van der Waals surface area contributed by atoms with Crippen LogP contribution in [0.2, 0.25) is 0 Å². The summed E-state index contributed by atoms with van der Waals surface area (Å²) in [5.74, 6) is 1.10. The van der Waals surface area contributed by atoms with Crippen molar-refractivity contribution in [3.05, 3.63) is 18.2 Å². The van der Waals surface area contributed by atoms with Crippen molar-refractivity contribution < 1.29 is 9.47 Å². The molecule has 0 bridgehead atoms. The summed E-state index contributed by atoms with van der Waals surface area (Å²) < 4.78 is 14.3. The van der Waals surface area contributed by atoms with Gasteiger partial charge in [0.2, 0.25) is 0 Å². The summed E-state index contributed by atoms with van der Waals surface area (Å²) in [6, 6.07) is 0. The van der Waals surface area contributed by atoms with Gasteiger partial charge < -0.3 is 18.9 Å². The fourth-order valence-corrected chi connectivity index (χ4v) is 3.51. The summed E-state index contributed by atoms with van der Waals surface area (Å²) in [5, 5.41) is 0. The van der Waals surface area contributed by atoms with Crippen LogP contribution in [0.1, 0.15) is 5.82 Å². The molecule has 7 heteroatoms. The van der Waals surface area contributed by atoms with E-state index in [0.29, 0.717) is 6.61 Å². The first-order chi connectivity index (χ1) is 11.6. The number of imidazole rings is 1. The first-order valence-corrected chi connectivity index (χ1v) is 8.84. The lowest BCUT2D eigenvalue weighted by atomic mass is 10.0. The monoisotopic (exact) mass is 337 g/mol. The summed E-state index contributed by atoms with van der Waals surface area (Å²) in [5.41, 5.74) is -0.216. The molecule has 0 radical (unpaired) electrons. The Morgan fingerprint density at radius 1 is 1.21 bits per heavy atom. The molecule has 0 amide bonds. The van der Waals surface area contributed by atoms with Crippen LogP contribution in [-0.2, 0) is 23.1 Å². The Kier molecular flexibility index (Phi) is 5.89. The zero-order valence-corrected chi connectivity index (χ0v) is 15.3. The SMILES string of the molecule is CN(C)CCN1CCOCC2(C1)CN(Cc1nccn1C)CCO2. The number of ether oxygens (including phenoxy) is 2. The number of morpholine rings is 1. The molecule has 3 heterocycles. The van der Waals surface area contributed by atoms with Crippen LogP contribution in [0.4, 0.5) is 0 Å². The molecule has 136 valence electrons. The van der Waals surface area contributed by atoms with Crippen molar-refractivity contribution in [2.24, 2.45) is 7.05 Å². The van der Waals surface area contributed by atoms with Gasteiger partial charge in [0.15, 0.2) is 0 Å². The lowest BCUT2D eigenvalue weighted by Crippen LogP contribution is -2.58. The summed E-state index contributed by atoms with van der Waals surface area (Å²) in [4.78, 5) is 11.6. The van der Waals surface area contributed by atoms with E-state index < -0.39 is 0 Å². The predicted octanol–water partition coefficient (Wildman–Crippen LogP) is -0.115. The van der Waals surface area contributed by atoms with Gasteiger partial charge in [0.25, 0.3) is 0 Å². The minimum Gasteiger partial charge on any atom is -0.377 e. The summed E-state index contributed by atoms with van der Waals surface area (Å²) in [6.07, 6.45) is 3.87. The third-order valence-corrected chi connectivity index (χ3v) is 4.91. The van der Waals surface area contributed by atoms with E-state index in [9.17, 15) is 0 Å². The fraction of sp³-hybridized carbons (Fsp3) is 0.824. The van der Waals surface area contributed by atoms with Gasteiger partial charge in [-0.2, -0.15) is 0 Å². The Morgan fingerprint density at radius 3 is 2.75 bits per heavy atom. The first kappa shape index (κ1) is 17.8. The van der Waals surface area contributed by atoms with E-state index in [0.717, 1.165) is 64.9 Å². The molecule has 2 saturated heterocycles. The average molecular weight is 337 g/mol. The molecule has 1 aromatic rings. The van der Waals surface area contributed by atoms with Gasteiger partial charge in [-0.25, -0.2) is 4.98 Å². The summed E-state index contributed by atoms with van der Waals surface area (Å²) >= 11 is 0. The Labute approximate surface area is 145 Å². The van der Waals surface area contributed by atoms with Gasteiger partial charge in [-0.05, 0) is 14.1 Å². The Hall–Kier alpha value is -0.990. The number of aryl methyl sites for hydroxylation is 1. The highest BCUT2D eigenvalue weighted by atomic mass is 16.5. The molecule has 0 aromatic carbocycles. The van der Waals surface area contributed by atoms with E-state index >= 15 is 0 Å². The summed E-state index contributed by atoms with van der Waals surface area (Å²) in [7, 11) is 6.29. The largest absolute Gasteiger partial charge is 0.377 e. The van der Waals surface area contributed by atoms with E-state index in [2.05, 4.69) is 45.4 Å². The third-order valence-electron chi connectivity index (χ3n) is 4.91. The van der Waals surface area contributed by atoms with Crippen LogP contribution in [-0.4, -0.2) is 103 Å². The number of aromatic nitrogens is 2. The lowest BCUT2D eigenvalue weighted by molar-refractivity contribution is -0.143. The van der Waals surface area contributed by atoms with Crippen molar-refractivity contribution in [2.75, 3.05) is 73.2 Å². The van der Waals surface area contributed by atoms with Crippen molar-refractivity contribution in [1.82, 2.24) is 24.3 Å². The highest BCUT2D eigenvalue weighted by Gasteiger charge is 2.40. The third kappa shape index (κ3) is 4.55. The zero-order valence-electron chi connectivity index (χ0n) is 15.3. The van der Waals surface area contributed by atoms with Crippen molar-refractivity contribution in [2.45, 2.75) is 12.1 Å². The smallest absolute Gasteiger partial charge is 0.122 e. The second-order valence-corrected chi connectivity index (χ2v) is 7.33. The Balaban J connectivity index is 1.62. The van der Waals surface area contributed by atoms with Crippen LogP contribution in [0.25, 0.3) is 0 Å². The van der Waals surface area contributed by atoms with Crippen molar-refractivity contribution >= 4 is 0 Å². The minimum atomic E-state index is -0.216. The molecule has 1 spiro atoms.